The number of ether oxygens (including phenoxy) is 2. The van der Waals surface area contributed by atoms with Crippen molar-refractivity contribution in [3.63, 3.8) is 0 Å². The minimum absolute atomic E-state index is 0.194. The maximum atomic E-state index is 13.0. The highest BCUT2D eigenvalue weighted by molar-refractivity contribution is 5.86. The van der Waals surface area contributed by atoms with E-state index in [-0.39, 0.29) is 17.9 Å². The number of hydrogen-bond acceptors (Lipinski definition) is 4. The molecule has 0 unspecified atom stereocenters. The van der Waals surface area contributed by atoms with E-state index in [1.54, 1.807) is 0 Å². The molecule has 0 aliphatic heterocycles. The van der Waals surface area contributed by atoms with E-state index >= 15 is 0 Å². The lowest BCUT2D eigenvalue weighted by Gasteiger charge is -2.08. The molecule has 96 valence electrons. The Balaban J connectivity index is 2.89. The third-order valence-corrected chi connectivity index (χ3v) is 1.95. The second-order valence-electron chi connectivity index (χ2n) is 3.22. The standard InChI is InChI=1S/C12H11FO5/c1-17-12(16)7-18-10-4-3-9(13)6-8(10)2-5-11(14)15/h2-6H,7H2,1H3,(H,14,15)/b5-2+. The van der Waals surface area contributed by atoms with E-state index < -0.39 is 17.8 Å². The molecule has 0 amide bonds. The smallest absolute Gasteiger partial charge is 0.343 e. The first-order valence-electron chi connectivity index (χ1n) is 4.93. The summed E-state index contributed by atoms with van der Waals surface area (Å²) in [4.78, 5) is 21.3. The molecule has 0 saturated carbocycles. The van der Waals surface area contributed by atoms with Crippen LogP contribution in [-0.2, 0) is 14.3 Å². The van der Waals surface area contributed by atoms with Gasteiger partial charge in [0.1, 0.15) is 11.6 Å². The van der Waals surface area contributed by atoms with Crippen molar-refractivity contribution in [2.45, 2.75) is 0 Å². The Labute approximate surface area is 102 Å². The molecule has 0 aliphatic carbocycles. The third kappa shape index (κ3) is 4.25. The minimum Gasteiger partial charge on any atom is -0.481 e. The van der Waals surface area contributed by atoms with Gasteiger partial charge in [-0.05, 0) is 24.3 Å². The highest BCUT2D eigenvalue weighted by atomic mass is 19.1. The Morgan fingerprint density at radius 1 is 1.44 bits per heavy atom. The fraction of sp³-hybridized carbons (Fsp3) is 0.167. The van der Waals surface area contributed by atoms with Gasteiger partial charge < -0.3 is 14.6 Å². The zero-order valence-corrected chi connectivity index (χ0v) is 9.55. The van der Waals surface area contributed by atoms with Crippen molar-refractivity contribution in [1.82, 2.24) is 0 Å². The molecule has 5 nitrogen and oxygen atoms in total. The van der Waals surface area contributed by atoms with Crippen LogP contribution in [0.5, 0.6) is 5.75 Å². The molecule has 1 rings (SSSR count). The largest absolute Gasteiger partial charge is 0.481 e. The lowest BCUT2D eigenvalue weighted by atomic mass is 10.2. The van der Waals surface area contributed by atoms with E-state index in [4.69, 9.17) is 9.84 Å². The SMILES string of the molecule is COC(=O)COc1ccc(F)cc1/C=C/C(=O)O. The van der Waals surface area contributed by atoms with Crippen LogP contribution in [0.4, 0.5) is 4.39 Å². The molecular formula is C12H11FO5. The number of rotatable bonds is 5. The Hall–Kier alpha value is -2.37. The Kier molecular flexibility index (Phi) is 4.86. The van der Waals surface area contributed by atoms with E-state index in [9.17, 15) is 14.0 Å². The summed E-state index contributed by atoms with van der Waals surface area (Å²) in [5.41, 5.74) is 0.223. The molecule has 1 N–H and O–H groups in total. The van der Waals surface area contributed by atoms with Crippen LogP contribution < -0.4 is 4.74 Å². The van der Waals surface area contributed by atoms with E-state index in [1.807, 2.05) is 0 Å². The average molecular weight is 254 g/mol. The van der Waals surface area contributed by atoms with Gasteiger partial charge in [-0.25, -0.2) is 14.0 Å². The summed E-state index contributed by atoms with van der Waals surface area (Å²) in [7, 11) is 1.21. The predicted molar refractivity (Wildman–Crippen MR) is 60.6 cm³/mol. The number of carbonyl (C=O) groups is 2. The first kappa shape index (κ1) is 13.7. The summed E-state index contributed by atoms with van der Waals surface area (Å²) in [6.07, 6.45) is 2.03. The van der Waals surface area contributed by atoms with Crippen molar-refractivity contribution in [2.75, 3.05) is 13.7 Å². The normalized spacial score (nSPS) is 10.3. The number of carboxylic acid groups (broad SMARTS) is 1. The van der Waals surface area contributed by atoms with Crippen LogP contribution in [0, 0.1) is 5.82 Å². The number of halogens is 1. The first-order chi connectivity index (χ1) is 8.52. The van der Waals surface area contributed by atoms with Crippen LogP contribution in [0.1, 0.15) is 5.56 Å². The quantitative estimate of drug-likeness (QED) is 0.636. The first-order valence-corrected chi connectivity index (χ1v) is 4.93. The zero-order valence-electron chi connectivity index (χ0n) is 9.55. The number of carbonyl (C=O) groups excluding carboxylic acids is 1. The Morgan fingerprint density at radius 2 is 2.17 bits per heavy atom. The number of carboxylic acids is 1. The molecule has 0 aliphatic rings. The summed E-state index contributed by atoms with van der Waals surface area (Å²) in [6.45, 7) is -0.337. The Bertz CT molecular complexity index is 481. The van der Waals surface area contributed by atoms with Crippen LogP contribution in [0.15, 0.2) is 24.3 Å². The molecule has 0 spiro atoms. The van der Waals surface area contributed by atoms with E-state index in [2.05, 4.69) is 4.74 Å². The molecule has 1 aromatic carbocycles. The van der Waals surface area contributed by atoms with Gasteiger partial charge in [-0.1, -0.05) is 0 Å². The average Bonchev–Trinajstić information content (AvgIpc) is 2.34. The highest BCUT2D eigenvalue weighted by Gasteiger charge is 2.06. The molecule has 0 saturated heterocycles. The van der Waals surface area contributed by atoms with Crippen molar-refractivity contribution >= 4 is 18.0 Å². The molecule has 0 atom stereocenters. The molecule has 6 heteroatoms. The maximum absolute atomic E-state index is 13.0. The molecule has 0 heterocycles. The van der Waals surface area contributed by atoms with Crippen LogP contribution in [0.3, 0.4) is 0 Å². The van der Waals surface area contributed by atoms with Gasteiger partial charge in [0, 0.05) is 11.6 Å². The van der Waals surface area contributed by atoms with Crippen LogP contribution in [0.25, 0.3) is 6.08 Å². The van der Waals surface area contributed by atoms with Crippen molar-refractivity contribution in [3.8, 4) is 5.75 Å². The van der Waals surface area contributed by atoms with Gasteiger partial charge in [0.25, 0.3) is 0 Å². The van der Waals surface area contributed by atoms with Crippen molar-refractivity contribution < 1.29 is 28.6 Å². The van der Waals surface area contributed by atoms with Gasteiger partial charge in [0.15, 0.2) is 6.61 Å². The molecule has 1 aromatic rings. The van der Waals surface area contributed by atoms with Gasteiger partial charge in [0.2, 0.25) is 0 Å². The fourth-order valence-corrected chi connectivity index (χ4v) is 1.14. The van der Waals surface area contributed by atoms with E-state index in [0.717, 1.165) is 18.2 Å². The van der Waals surface area contributed by atoms with Crippen LogP contribution in [-0.4, -0.2) is 30.8 Å². The predicted octanol–water partition coefficient (Wildman–Crippen LogP) is 1.48. The number of methoxy groups -OCH3 is 1. The van der Waals surface area contributed by atoms with E-state index in [1.165, 1.54) is 19.3 Å². The number of hydrogen-bond donors (Lipinski definition) is 1. The van der Waals surface area contributed by atoms with Gasteiger partial charge in [-0.2, -0.15) is 0 Å². The minimum atomic E-state index is -1.17. The van der Waals surface area contributed by atoms with Gasteiger partial charge in [-0.3, -0.25) is 0 Å². The third-order valence-electron chi connectivity index (χ3n) is 1.95. The second kappa shape index (κ2) is 6.39. The van der Waals surface area contributed by atoms with Crippen molar-refractivity contribution in [3.05, 3.63) is 35.7 Å². The number of aliphatic carboxylic acids is 1. The lowest BCUT2D eigenvalue weighted by Crippen LogP contribution is -2.13. The van der Waals surface area contributed by atoms with Gasteiger partial charge in [0.05, 0.1) is 7.11 Å². The number of benzene rings is 1. The monoisotopic (exact) mass is 254 g/mol. The molecule has 18 heavy (non-hydrogen) atoms. The molecule has 0 fully saturated rings. The summed E-state index contributed by atoms with van der Waals surface area (Å²) in [5.74, 6) is -2.10. The lowest BCUT2D eigenvalue weighted by molar-refractivity contribution is -0.143. The summed E-state index contributed by atoms with van der Waals surface area (Å²) >= 11 is 0. The van der Waals surface area contributed by atoms with Gasteiger partial charge >= 0.3 is 11.9 Å². The molecule has 0 radical (unpaired) electrons. The molecular weight excluding hydrogens is 243 g/mol. The van der Waals surface area contributed by atoms with Crippen molar-refractivity contribution in [2.24, 2.45) is 0 Å². The zero-order chi connectivity index (χ0) is 13.5. The topological polar surface area (TPSA) is 72.8 Å². The maximum Gasteiger partial charge on any atom is 0.343 e. The van der Waals surface area contributed by atoms with E-state index in [0.29, 0.717) is 0 Å². The second-order valence-corrected chi connectivity index (χ2v) is 3.22. The van der Waals surface area contributed by atoms with Crippen LogP contribution in [0.2, 0.25) is 0 Å². The highest BCUT2D eigenvalue weighted by Crippen LogP contribution is 2.21. The fourth-order valence-electron chi connectivity index (χ4n) is 1.14. The molecule has 0 aromatic heterocycles. The van der Waals surface area contributed by atoms with Crippen LogP contribution >= 0.6 is 0 Å². The molecule has 0 bridgehead atoms. The number of esters is 1. The summed E-state index contributed by atoms with van der Waals surface area (Å²) in [5, 5.41) is 8.50. The van der Waals surface area contributed by atoms with Gasteiger partial charge in [-0.15, -0.1) is 0 Å². The summed E-state index contributed by atoms with van der Waals surface area (Å²) in [6, 6.07) is 3.55. The Morgan fingerprint density at radius 3 is 2.78 bits per heavy atom. The summed E-state index contributed by atoms with van der Waals surface area (Å²) < 4.78 is 22.5. The van der Waals surface area contributed by atoms with Crippen molar-refractivity contribution in [1.29, 1.82) is 0 Å².